The largest absolute Gasteiger partial charge is 0.371 e. The van der Waals surface area contributed by atoms with E-state index in [1.807, 2.05) is 0 Å². The van der Waals surface area contributed by atoms with E-state index in [4.69, 9.17) is 0 Å². The maximum absolute atomic E-state index is 3.67. The number of rotatable bonds is 4. The van der Waals surface area contributed by atoms with Gasteiger partial charge in [0.1, 0.15) is 0 Å². The first-order valence-electron chi connectivity index (χ1n) is 6.32. The van der Waals surface area contributed by atoms with E-state index in [1.54, 1.807) is 0 Å². The molecule has 0 aliphatic carbocycles. The van der Waals surface area contributed by atoms with Gasteiger partial charge in [-0.15, -0.1) is 0 Å². The van der Waals surface area contributed by atoms with Crippen LogP contribution < -0.4 is 5.32 Å². The predicted molar refractivity (Wildman–Crippen MR) is 86.3 cm³/mol. The third-order valence-electron chi connectivity index (χ3n) is 2.80. The molecule has 1 aromatic rings. The summed E-state index contributed by atoms with van der Waals surface area (Å²) in [5.74, 6) is 1.10. The molecular formula is C15H24IN. The molecule has 0 fully saturated rings. The Morgan fingerprint density at radius 2 is 1.41 bits per heavy atom. The van der Waals surface area contributed by atoms with Crippen LogP contribution in [0.25, 0.3) is 0 Å². The zero-order chi connectivity index (χ0) is 13.2. The summed E-state index contributed by atoms with van der Waals surface area (Å²) >= 11 is 2.45. The van der Waals surface area contributed by atoms with Crippen LogP contribution in [-0.2, 0) is 0 Å². The number of halogens is 1. The first-order valence-corrected chi connectivity index (χ1v) is 7.40. The van der Waals surface area contributed by atoms with Crippen molar-refractivity contribution in [2.45, 2.75) is 56.9 Å². The van der Waals surface area contributed by atoms with Crippen molar-refractivity contribution in [1.29, 1.82) is 0 Å². The maximum atomic E-state index is 3.67. The number of anilines is 1. The first-order chi connectivity index (χ1) is 7.72. The van der Waals surface area contributed by atoms with Gasteiger partial charge < -0.3 is 5.32 Å². The van der Waals surface area contributed by atoms with Crippen LogP contribution >= 0.6 is 22.6 Å². The topological polar surface area (TPSA) is 12.0 Å². The molecule has 0 spiro atoms. The number of benzene rings is 1. The van der Waals surface area contributed by atoms with Crippen LogP contribution in [-0.4, -0.2) is 3.55 Å². The summed E-state index contributed by atoms with van der Waals surface area (Å²) in [6, 6.07) is 6.65. The van der Waals surface area contributed by atoms with Crippen molar-refractivity contribution in [3.05, 3.63) is 29.3 Å². The highest BCUT2D eigenvalue weighted by Crippen LogP contribution is 2.35. The summed E-state index contributed by atoms with van der Waals surface area (Å²) in [6.45, 7) is 13.4. The minimum Gasteiger partial charge on any atom is -0.371 e. The molecule has 2 heteroatoms. The SMILES string of the molecule is CC(C)c1cccc(C(C)C)c1NC(C)(C)I. The standard InChI is InChI=1S/C15H24IN/c1-10(2)12-8-7-9-13(11(3)4)14(12)17-15(5,6)16/h7-11,17H,1-6H3. The van der Waals surface area contributed by atoms with Gasteiger partial charge in [0.25, 0.3) is 0 Å². The van der Waals surface area contributed by atoms with Gasteiger partial charge in [-0.2, -0.15) is 0 Å². The van der Waals surface area contributed by atoms with Crippen LogP contribution in [0.2, 0.25) is 0 Å². The minimum absolute atomic E-state index is 0.0758. The fraction of sp³-hybridized carbons (Fsp3) is 0.600. The van der Waals surface area contributed by atoms with Crippen molar-refractivity contribution in [1.82, 2.24) is 0 Å². The molecule has 0 unspecified atom stereocenters. The quantitative estimate of drug-likeness (QED) is 0.431. The van der Waals surface area contributed by atoms with Gasteiger partial charge in [-0.25, -0.2) is 0 Å². The highest BCUT2D eigenvalue weighted by atomic mass is 127. The molecule has 0 radical (unpaired) electrons. The highest BCUT2D eigenvalue weighted by molar-refractivity contribution is 14.1. The summed E-state index contributed by atoms with van der Waals surface area (Å²) in [7, 11) is 0. The Bertz CT molecular complexity index is 349. The van der Waals surface area contributed by atoms with E-state index in [2.05, 4.69) is 87.6 Å². The molecule has 0 atom stereocenters. The van der Waals surface area contributed by atoms with E-state index < -0.39 is 0 Å². The van der Waals surface area contributed by atoms with Crippen molar-refractivity contribution in [2.24, 2.45) is 0 Å². The van der Waals surface area contributed by atoms with E-state index in [1.165, 1.54) is 16.8 Å². The Labute approximate surface area is 120 Å². The van der Waals surface area contributed by atoms with Crippen molar-refractivity contribution < 1.29 is 0 Å². The third-order valence-corrected chi connectivity index (χ3v) is 3.06. The zero-order valence-corrected chi connectivity index (χ0v) is 13.9. The smallest absolute Gasteiger partial charge is 0.0834 e. The molecule has 0 aromatic heterocycles. The normalized spacial score (nSPS) is 12.3. The highest BCUT2D eigenvalue weighted by Gasteiger charge is 2.19. The van der Waals surface area contributed by atoms with Crippen LogP contribution in [0.15, 0.2) is 18.2 Å². The molecule has 17 heavy (non-hydrogen) atoms. The summed E-state index contributed by atoms with van der Waals surface area (Å²) < 4.78 is 0.0758. The molecule has 0 saturated carbocycles. The van der Waals surface area contributed by atoms with Gasteiger partial charge in [0.2, 0.25) is 0 Å². The van der Waals surface area contributed by atoms with Crippen molar-refractivity contribution in [3.8, 4) is 0 Å². The van der Waals surface area contributed by atoms with Crippen LogP contribution in [0.3, 0.4) is 0 Å². The molecule has 1 nitrogen and oxygen atoms in total. The predicted octanol–water partition coefficient (Wildman–Crippen LogP) is 5.52. The molecule has 0 heterocycles. The van der Waals surface area contributed by atoms with E-state index in [0.29, 0.717) is 11.8 Å². The molecule has 1 aromatic carbocycles. The van der Waals surface area contributed by atoms with Gasteiger partial charge in [-0.1, -0.05) is 68.5 Å². The fourth-order valence-corrected chi connectivity index (χ4v) is 2.26. The molecule has 96 valence electrons. The Hall–Kier alpha value is -0.250. The van der Waals surface area contributed by atoms with Crippen molar-refractivity contribution in [2.75, 3.05) is 5.32 Å². The lowest BCUT2D eigenvalue weighted by Gasteiger charge is -2.27. The number of para-hydroxylation sites is 1. The molecule has 1 rings (SSSR count). The summed E-state index contributed by atoms with van der Waals surface area (Å²) in [6.07, 6.45) is 0. The van der Waals surface area contributed by atoms with Gasteiger partial charge >= 0.3 is 0 Å². The fourth-order valence-electron chi connectivity index (χ4n) is 1.99. The zero-order valence-electron chi connectivity index (χ0n) is 11.8. The van der Waals surface area contributed by atoms with E-state index >= 15 is 0 Å². The van der Waals surface area contributed by atoms with Crippen LogP contribution in [0.1, 0.15) is 64.5 Å². The number of hydrogen-bond acceptors (Lipinski definition) is 1. The lowest BCUT2D eigenvalue weighted by Crippen LogP contribution is -2.24. The molecule has 0 bridgehead atoms. The lowest BCUT2D eigenvalue weighted by atomic mass is 9.92. The third kappa shape index (κ3) is 4.16. The van der Waals surface area contributed by atoms with Gasteiger partial charge in [-0.3, -0.25) is 0 Å². The van der Waals surface area contributed by atoms with Crippen LogP contribution in [0.5, 0.6) is 0 Å². The molecule has 0 amide bonds. The lowest BCUT2D eigenvalue weighted by molar-refractivity contribution is 0.805. The van der Waals surface area contributed by atoms with Gasteiger partial charge in [0.15, 0.2) is 0 Å². The number of alkyl halides is 1. The Morgan fingerprint density at radius 1 is 1.00 bits per heavy atom. The monoisotopic (exact) mass is 345 g/mol. The Kier molecular flexibility index (Phi) is 4.87. The molecule has 1 N–H and O–H groups in total. The summed E-state index contributed by atoms with van der Waals surface area (Å²) in [5, 5.41) is 3.67. The average Bonchev–Trinajstić information content (AvgIpc) is 2.14. The van der Waals surface area contributed by atoms with Crippen LogP contribution in [0.4, 0.5) is 5.69 Å². The van der Waals surface area contributed by atoms with E-state index in [0.717, 1.165) is 0 Å². The molecule has 0 aliphatic heterocycles. The second-order valence-corrected chi connectivity index (χ2v) is 8.42. The maximum Gasteiger partial charge on any atom is 0.0834 e. The minimum atomic E-state index is 0.0758. The second kappa shape index (κ2) is 5.59. The molecule has 0 aliphatic rings. The van der Waals surface area contributed by atoms with E-state index in [9.17, 15) is 0 Å². The Balaban J connectivity index is 3.29. The van der Waals surface area contributed by atoms with Crippen molar-refractivity contribution >= 4 is 28.3 Å². The van der Waals surface area contributed by atoms with Gasteiger partial charge in [0, 0.05) is 5.69 Å². The molecule has 0 saturated heterocycles. The van der Waals surface area contributed by atoms with Gasteiger partial charge in [-0.05, 0) is 36.8 Å². The average molecular weight is 345 g/mol. The Morgan fingerprint density at radius 3 is 1.71 bits per heavy atom. The number of nitrogens with one attached hydrogen (secondary N) is 1. The summed E-state index contributed by atoms with van der Waals surface area (Å²) in [5.41, 5.74) is 4.17. The summed E-state index contributed by atoms with van der Waals surface area (Å²) in [4.78, 5) is 0. The van der Waals surface area contributed by atoms with Gasteiger partial charge in [0.05, 0.1) is 3.55 Å². The van der Waals surface area contributed by atoms with E-state index in [-0.39, 0.29) is 3.55 Å². The molecular weight excluding hydrogens is 321 g/mol. The first kappa shape index (κ1) is 14.8. The van der Waals surface area contributed by atoms with Crippen molar-refractivity contribution in [3.63, 3.8) is 0 Å². The second-order valence-electron chi connectivity index (χ2n) is 5.72. The number of hydrogen-bond donors (Lipinski definition) is 1. The van der Waals surface area contributed by atoms with Crippen LogP contribution in [0, 0.1) is 0 Å².